The molecule has 1 aromatic rings. The lowest BCUT2D eigenvalue weighted by Crippen LogP contribution is -2.47. The van der Waals surface area contributed by atoms with Crippen molar-refractivity contribution in [3.8, 4) is 17.2 Å². The van der Waals surface area contributed by atoms with Crippen LogP contribution in [0.25, 0.3) is 0 Å². The van der Waals surface area contributed by atoms with Crippen LogP contribution in [0.15, 0.2) is 35.1 Å². The zero-order valence-corrected chi connectivity index (χ0v) is 22.6. The summed E-state index contributed by atoms with van der Waals surface area (Å²) in [5.74, 6) is 1.10. The van der Waals surface area contributed by atoms with E-state index in [0.717, 1.165) is 24.8 Å². The number of benzene rings is 1. The van der Waals surface area contributed by atoms with E-state index in [1.165, 1.54) is 11.1 Å². The molecule has 0 saturated carbocycles. The van der Waals surface area contributed by atoms with Crippen LogP contribution in [0.3, 0.4) is 0 Å². The van der Waals surface area contributed by atoms with E-state index in [2.05, 4.69) is 33.9 Å². The molecule has 1 aromatic carbocycles. The summed E-state index contributed by atoms with van der Waals surface area (Å²) in [7, 11) is 4.25. The molecular formula is C26H40O6Si. The largest absolute Gasteiger partial charge is 0.543 e. The number of hydrogen-bond donors (Lipinski definition) is 1. The van der Waals surface area contributed by atoms with Crippen LogP contribution in [0.4, 0.5) is 0 Å². The fourth-order valence-electron chi connectivity index (χ4n) is 4.45. The molecule has 3 rings (SSSR count). The monoisotopic (exact) mass is 476 g/mol. The van der Waals surface area contributed by atoms with Gasteiger partial charge < -0.3 is 28.5 Å². The normalized spacial score (nSPS) is 23.6. The van der Waals surface area contributed by atoms with Crippen molar-refractivity contribution in [3.05, 3.63) is 40.7 Å². The van der Waals surface area contributed by atoms with E-state index >= 15 is 0 Å². The van der Waals surface area contributed by atoms with Gasteiger partial charge in [0.15, 0.2) is 11.5 Å². The van der Waals surface area contributed by atoms with E-state index in [1.54, 1.807) is 28.4 Å². The Kier molecular flexibility index (Phi) is 7.27. The van der Waals surface area contributed by atoms with Crippen molar-refractivity contribution >= 4 is 8.32 Å². The average Bonchev–Trinajstić information content (AvgIpc) is 2.77. The fourth-order valence-corrected chi connectivity index (χ4v) is 5.52. The van der Waals surface area contributed by atoms with Gasteiger partial charge in [0.05, 0.1) is 21.3 Å². The Morgan fingerprint density at radius 3 is 2.09 bits per heavy atom. The van der Waals surface area contributed by atoms with Gasteiger partial charge in [-0.1, -0.05) is 26.3 Å². The first-order valence-electron chi connectivity index (χ1n) is 11.6. The van der Waals surface area contributed by atoms with Gasteiger partial charge in [0, 0.05) is 19.4 Å². The van der Waals surface area contributed by atoms with Crippen molar-refractivity contribution in [2.24, 2.45) is 0 Å². The van der Waals surface area contributed by atoms with Crippen LogP contribution in [0, 0.1) is 0 Å². The molecule has 0 amide bonds. The summed E-state index contributed by atoms with van der Waals surface area (Å²) in [6, 6.07) is 4.06. The predicted octanol–water partition coefficient (Wildman–Crippen LogP) is 5.92. The first kappa shape index (κ1) is 25.7. The van der Waals surface area contributed by atoms with Crippen LogP contribution < -0.4 is 14.2 Å². The van der Waals surface area contributed by atoms with Gasteiger partial charge in [0.1, 0.15) is 5.76 Å². The topological polar surface area (TPSA) is 66.4 Å². The average molecular weight is 477 g/mol. The van der Waals surface area contributed by atoms with Crippen LogP contribution in [0.5, 0.6) is 17.2 Å². The molecule has 0 fully saturated rings. The van der Waals surface area contributed by atoms with Gasteiger partial charge in [-0.25, -0.2) is 0 Å². The lowest BCUT2D eigenvalue weighted by Gasteiger charge is -2.44. The highest BCUT2D eigenvalue weighted by atomic mass is 28.4. The van der Waals surface area contributed by atoms with Crippen molar-refractivity contribution < 1.29 is 28.5 Å². The molecule has 33 heavy (non-hydrogen) atoms. The second-order valence-corrected chi connectivity index (χ2v) is 15.2. The maximum absolute atomic E-state index is 11.4. The summed E-state index contributed by atoms with van der Waals surface area (Å²) < 4.78 is 29.0. The Labute approximate surface area is 199 Å². The van der Waals surface area contributed by atoms with Crippen molar-refractivity contribution in [2.45, 2.75) is 76.3 Å². The third-order valence-electron chi connectivity index (χ3n) is 7.48. The third kappa shape index (κ3) is 4.81. The quantitative estimate of drug-likeness (QED) is 0.389. The maximum Gasteiger partial charge on any atom is 0.250 e. The smallest absolute Gasteiger partial charge is 0.250 e. The van der Waals surface area contributed by atoms with Gasteiger partial charge in [-0.05, 0) is 66.7 Å². The second-order valence-electron chi connectivity index (χ2n) is 10.5. The number of allylic oxidation sites excluding steroid dienone is 2. The van der Waals surface area contributed by atoms with Gasteiger partial charge in [0.25, 0.3) is 0 Å². The molecule has 0 aromatic heterocycles. The summed E-state index contributed by atoms with van der Waals surface area (Å²) >= 11 is 0. The third-order valence-corrected chi connectivity index (χ3v) is 11.8. The van der Waals surface area contributed by atoms with Crippen molar-refractivity contribution in [2.75, 3.05) is 28.4 Å². The summed E-state index contributed by atoms with van der Waals surface area (Å²) in [5.41, 5.74) is 3.51. The molecule has 0 bridgehead atoms. The first-order chi connectivity index (χ1) is 15.4. The van der Waals surface area contributed by atoms with Gasteiger partial charge >= 0.3 is 0 Å². The Morgan fingerprint density at radius 1 is 1.00 bits per heavy atom. The molecule has 0 spiro atoms. The minimum Gasteiger partial charge on any atom is -0.543 e. The molecule has 2 aliphatic carbocycles. The fraction of sp³-hybridized carbons (Fsp3) is 0.615. The molecule has 0 aliphatic heterocycles. The highest BCUT2D eigenvalue weighted by Crippen LogP contribution is 2.50. The molecule has 184 valence electrons. The summed E-state index contributed by atoms with van der Waals surface area (Å²) in [4.78, 5) is 0. The minimum absolute atomic E-state index is 0.000167. The van der Waals surface area contributed by atoms with Crippen LogP contribution >= 0.6 is 0 Å². The van der Waals surface area contributed by atoms with Gasteiger partial charge in [-0.2, -0.15) is 0 Å². The van der Waals surface area contributed by atoms with Crippen molar-refractivity contribution in [1.82, 2.24) is 0 Å². The van der Waals surface area contributed by atoms with Crippen molar-refractivity contribution in [1.29, 1.82) is 0 Å². The zero-order chi connectivity index (χ0) is 24.6. The summed E-state index contributed by atoms with van der Waals surface area (Å²) in [6.07, 6.45) is 5.42. The Bertz CT molecular complexity index is 918. The lowest BCUT2D eigenvalue weighted by atomic mass is 9.74. The highest BCUT2D eigenvalue weighted by Gasteiger charge is 2.47. The Hall–Kier alpha value is -1.96. The Morgan fingerprint density at radius 2 is 1.61 bits per heavy atom. The minimum atomic E-state index is -2.18. The molecule has 0 radical (unpaired) electrons. The van der Waals surface area contributed by atoms with E-state index in [1.807, 2.05) is 18.2 Å². The molecule has 0 saturated heterocycles. The van der Waals surface area contributed by atoms with E-state index in [0.29, 0.717) is 29.4 Å². The number of methoxy groups -OCH3 is 4. The van der Waals surface area contributed by atoms with Crippen LogP contribution in [0.2, 0.25) is 18.1 Å². The van der Waals surface area contributed by atoms with E-state index < -0.39 is 14.1 Å². The predicted molar refractivity (Wildman–Crippen MR) is 133 cm³/mol. The standard InChI is InChI=1S/C26H40O6Si/c1-25(2,3)33(8,9)32-23-15-20-17(16-26(23,27)31-7)11-10-12-19(20)18-13-21(28-4)24(30-6)22(14-18)29-5/h13-15,19,27H,10-12,16H2,1-9H3. The highest BCUT2D eigenvalue weighted by molar-refractivity contribution is 6.74. The number of ether oxygens (including phenoxy) is 4. The number of hydrogen-bond acceptors (Lipinski definition) is 6. The van der Waals surface area contributed by atoms with Crippen molar-refractivity contribution in [3.63, 3.8) is 0 Å². The lowest BCUT2D eigenvalue weighted by molar-refractivity contribution is -0.174. The number of aliphatic hydroxyl groups is 1. The molecule has 2 atom stereocenters. The van der Waals surface area contributed by atoms with E-state index in [4.69, 9.17) is 23.4 Å². The van der Waals surface area contributed by atoms with Crippen LogP contribution in [0.1, 0.15) is 57.9 Å². The molecule has 0 heterocycles. The number of rotatable bonds is 7. The molecule has 6 nitrogen and oxygen atoms in total. The maximum atomic E-state index is 11.4. The summed E-state index contributed by atoms with van der Waals surface area (Å²) in [5, 5.41) is 11.4. The first-order valence-corrected chi connectivity index (χ1v) is 14.5. The van der Waals surface area contributed by atoms with Gasteiger partial charge in [-0.15, -0.1) is 0 Å². The second kappa shape index (κ2) is 9.35. The molecule has 2 unspecified atom stereocenters. The molecule has 2 aliphatic rings. The van der Waals surface area contributed by atoms with Crippen LogP contribution in [-0.2, 0) is 9.16 Å². The molecule has 1 N–H and O–H groups in total. The van der Waals surface area contributed by atoms with Crippen LogP contribution in [-0.4, -0.2) is 47.7 Å². The van der Waals surface area contributed by atoms with Gasteiger partial charge in [-0.3, -0.25) is 0 Å². The zero-order valence-electron chi connectivity index (χ0n) is 21.6. The molecule has 7 heteroatoms. The van der Waals surface area contributed by atoms with E-state index in [-0.39, 0.29) is 11.0 Å². The van der Waals surface area contributed by atoms with E-state index in [9.17, 15) is 5.11 Å². The molecular weight excluding hydrogens is 436 g/mol. The Balaban J connectivity index is 2.10. The van der Waals surface area contributed by atoms with Gasteiger partial charge in [0.2, 0.25) is 19.9 Å². The SMILES string of the molecule is COc1cc(C2CCCC3=C2C=C(O[Si](C)(C)C(C)(C)C)C(O)(OC)C3)cc(OC)c1OC. The summed E-state index contributed by atoms with van der Waals surface area (Å²) in [6.45, 7) is 11.0.